The molecule has 0 saturated heterocycles. The van der Waals surface area contributed by atoms with E-state index in [-0.39, 0.29) is 34.8 Å². The Morgan fingerprint density at radius 2 is 1.72 bits per heavy atom. The van der Waals surface area contributed by atoms with Crippen molar-refractivity contribution < 1.29 is 19.4 Å². The van der Waals surface area contributed by atoms with E-state index in [9.17, 15) is 29.8 Å². The van der Waals surface area contributed by atoms with Crippen molar-refractivity contribution in [3.8, 4) is 0 Å². The van der Waals surface area contributed by atoms with Crippen molar-refractivity contribution in [1.82, 2.24) is 0 Å². The van der Waals surface area contributed by atoms with E-state index >= 15 is 0 Å². The largest absolute Gasteiger partial charge is 0.299 e. The number of ketones is 2. The first kappa shape index (κ1) is 25.6. The Morgan fingerprint density at radius 1 is 1.12 bits per heavy atom. The first-order chi connectivity index (χ1) is 14.8. The third kappa shape index (κ3) is 4.19. The molecule has 8 heteroatoms. The van der Waals surface area contributed by atoms with Gasteiger partial charge >= 0.3 is 0 Å². The normalized spacial score (nSPS) is 22.5. The Balaban J connectivity index is 2.95. The van der Waals surface area contributed by atoms with Gasteiger partial charge in [-0.15, -0.1) is 0 Å². The van der Waals surface area contributed by atoms with E-state index in [1.807, 2.05) is 6.92 Å². The summed E-state index contributed by atoms with van der Waals surface area (Å²) in [6, 6.07) is 2.37. The zero-order chi connectivity index (χ0) is 24.4. The van der Waals surface area contributed by atoms with Gasteiger partial charge in [-0.3, -0.25) is 29.8 Å². The Morgan fingerprint density at radius 3 is 2.16 bits per heavy atom. The van der Waals surface area contributed by atoms with Crippen LogP contribution in [0.25, 0.3) is 0 Å². The summed E-state index contributed by atoms with van der Waals surface area (Å²) in [5, 5.41) is 23.6. The summed E-state index contributed by atoms with van der Waals surface area (Å²) < 4.78 is 0. The SMILES string of the molecule is CCCCc1cc([N+](=O)[O-])cc([N+](=O)[O-])c1C1(C)CCC(C(C)C)CC1(C(C)=O)C(C)=O. The average molecular weight is 447 g/mol. The van der Waals surface area contributed by atoms with Crippen LogP contribution in [0.5, 0.6) is 0 Å². The molecule has 32 heavy (non-hydrogen) atoms. The van der Waals surface area contributed by atoms with Gasteiger partial charge in [0.1, 0.15) is 11.6 Å². The molecule has 1 aliphatic carbocycles. The molecule has 0 N–H and O–H groups in total. The molecule has 1 aromatic rings. The smallest absolute Gasteiger partial charge is 0.280 e. The lowest BCUT2D eigenvalue weighted by Gasteiger charge is -2.52. The summed E-state index contributed by atoms with van der Waals surface area (Å²) in [7, 11) is 0. The van der Waals surface area contributed by atoms with Crippen molar-refractivity contribution in [2.24, 2.45) is 17.3 Å². The number of rotatable bonds is 9. The standard InChI is InChI=1S/C24H34N2O6/c1-7-8-9-18-12-20(25(29)30)13-21(26(31)32)22(18)23(6)11-10-19(15(2)3)14-24(23,16(4)27)17(5)28/h12-13,15,19H,7-11,14H2,1-6H3. The summed E-state index contributed by atoms with van der Waals surface area (Å²) in [6.07, 6.45) is 3.36. The van der Waals surface area contributed by atoms with Crippen LogP contribution in [-0.4, -0.2) is 21.4 Å². The number of Topliss-reactive ketones (excluding diaryl/α,β-unsaturated/α-hetero) is 2. The number of non-ortho nitro benzene ring substituents is 1. The molecule has 0 bridgehead atoms. The van der Waals surface area contributed by atoms with Gasteiger partial charge < -0.3 is 0 Å². The number of nitro groups is 2. The highest BCUT2D eigenvalue weighted by molar-refractivity contribution is 6.07. The van der Waals surface area contributed by atoms with Gasteiger partial charge in [-0.05, 0) is 63.4 Å². The van der Waals surface area contributed by atoms with Crippen molar-refractivity contribution in [3.63, 3.8) is 0 Å². The Hall–Kier alpha value is -2.64. The molecule has 1 aliphatic rings. The number of carbonyl (C=O) groups excluding carboxylic acids is 2. The number of hydrogen-bond acceptors (Lipinski definition) is 6. The van der Waals surface area contributed by atoms with E-state index in [1.165, 1.54) is 19.9 Å². The summed E-state index contributed by atoms with van der Waals surface area (Å²) in [6.45, 7) is 10.6. The van der Waals surface area contributed by atoms with E-state index in [0.29, 0.717) is 36.8 Å². The predicted octanol–water partition coefficient (Wildman–Crippen LogP) is 5.72. The number of aryl methyl sites for hydroxylation is 1. The third-order valence-corrected chi connectivity index (χ3v) is 7.61. The highest BCUT2D eigenvalue weighted by atomic mass is 16.6. The van der Waals surface area contributed by atoms with Crippen molar-refractivity contribution in [3.05, 3.63) is 43.5 Å². The van der Waals surface area contributed by atoms with Gasteiger partial charge in [0.25, 0.3) is 11.4 Å². The number of carbonyl (C=O) groups is 2. The van der Waals surface area contributed by atoms with Gasteiger partial charge in [-0.2, -0.15) is 0 Å². The monoisotopic (exact) mass is 446 g/mol. The van der Waals surface area contributed by atoms with Gasteiger partial charge in [-0.1, -0.05) is 34.1 Å². The van der Waals surface area contributed by atoms with Crippen LogP contribution in [0.3, 0.4) is 0 Å². The molecule has 1 fully saturated rings. The average Bonchev–Trinajstić information content (AvgIpc) is 2.70. The fraction of sp³-hybridized carbons (Fsp3) is 0.667. The van der Waals surface area contributed by atoms with Gasteiger partial charge in [0.2, 0.25) is 0 Å². The van der Waals surface area contributed by atoms with Crippen LogP contribution < -0.4 is 0 Å². The molecule has 0 spiro atoms. The molecule has 1 aromatic carbocycles. The minimum Gasteiger partial charge on any atom is -0.299 e. The lowest BCUT2D eigenvalue weighted by molar-refractivity contribution is -0.395. The highest BCUT2D eigenvalue weighted by Gasteiger charge is 2.61. The van der Waals surface area contributed by atoms with Crippen LogP contribution >= 0.6 is 0 Å². The quantitative estimate of drug-likeness (QED) is 0.271. The first-order valence-corrected chi connectivity index (χ1v) is 11.3. The van der Waals surface area contributed by atoms with Gasteiger partial charge in [0, 0.05) is 17.0 Å². The van der Waals surface area contributed by atoms with Crippen LogP contribution in [-0.2, 0) is 21.4 Å². The number of unbranched alkanes of at least 4 members (excludes halogenated alkanes) is 1. The second-order valence-corrected chi connectivity index (χ2v) is 9.71. The second-order valence-electron chi connectivity index (χ2n) is 9.71. The molecule has 0 radical (unpaired) electrons. The molecule has 1 saturated carbocycles. The maximum Gasteiger partial charge on any atom is 0.280 e. The molecule has 176 valence electrons. The van der Waals surface area contributed by atoms with Crippen LogP contribution in [0, 0.1) is 37.5 Å². The Bertz CT molecular complexity index is 925. The van der Waals surface area contributed by atoms with E-state index in [0.717, 1.165) is 18.9 Å². The highest BCUT2D eigenvalue weighted by Crippen LogP contribution is 2.58. The summed E-state index contributed by atoms with van der Waals surface area (Å²) in [4.78, 5) is 48.8. The van der Waals surface area contributed by atoms with Gasteiger partial charge in [-0.25, -0.2) is 0 Å². The second kappa shape index (κ2) is 9.46. The fourth-order valence-electron chi connectivity index (χ4n) is 5.75. The minimum absolute atomic E-state index is 0.132. The Kier molecular flexibility index (Phi) is 7.58. The topological polar surface area (TPSA) is 120 Å². The van der Waals surface area contributed by atoms with E-state index < -0.39 is 20.7 Å². The van der Waals surface area contributed by atoms with Gasteiger partial charge in [0.15, 0.2) is 0 Å². The van der Waals surface area contributed by atoms with Crippen LogP contribution in [0.15, 0.2) is 12.1 Å². The van der Waals surface area contributed by atoms with Crippen molar-refractivity contribution in [1.29, 1.82) is 0 Å². The number of benzene rings is 1. The molecule has 2 rings (SSSR count). The lowest BCUT2D eigenvalue weighted by atomic mass is 9.47. The zero-order valence-electron chi connectivity index (χ0n) is 19.9. The van der Waals surface area contributed by atoms with E-state index in [2.05, 4.69) is 13.8 Å². The van der Waals surface area contributed by atoms with Gasteiger partial charge in [0.05, 0.1) is 21.3 Å². The number of nitro benzene ring substituents is 2. The van der Waals surface area contributed by atoms with Crippen molar-refractivity contribution >= 4 is 22.9 Å². The molecule has 0 amide bonds. The summed E-state index contributed by atoms with van der Waals surface area (Å²) in [5.41, 5.74) is -2.46. The third-order valence-electron chi connectivity index (χ3n) is 7.61. The zero-order valence-corrected chi connectivity index (χ0v) is 19.9. The molecule has 0 heterocycles. The van der Waals surface area contributed by atoms with Crippen LogP contribution in [0.2, 0.25) is 0 Å². The molecule has 8 nitrogen and oxygen atoms in total. The summed E-state index contributed by atoms with van der Waals surface area (Å²) in [5.74, 6) is -0.213. The lowest BCUT2D eigenvalue weighted by Crippen LogP contribution is -2.57. The number of nitrogens with zero attached hydrogens (tertiary/aromatic N) is 2. The molecular formula is C24H34N2O6. The van der Waals surface area contributed by atoms with Crippen molar-refractivity contribution in [2.45, 2.75) is 85.5 Å². The fourth-order valence-corrected chi connectivity index (χ4v) is 5.75. The van der Waals surface area contributed by atoms with E-state index in [4.69, 9.17) is 0 Å². The molecule has 2 atom stereocenters. The predicted molar refractivity (Wildman–Crippen MR) is 122 cm³/mol. The molecular weight excluding hydrogens is 412 g/mol. The molecule has 2 unspecified atom stereocenters. The summed E-state index contributed by atoms with van der Waals surface area (Å²) >= 11 is 0. The minimum atomic E-state index is -1.41. The maximum atomic E-state index is 13.2. The van der Waals surface area contributed by atoms with Crippen LogP contribution in [0.4, 0.5) is 11.4 Å². The Labute approximate surface area is 189 Å². The van der Waals surface area contributed by atoms with E-state index in [1.54, 1.807) is 6.92 Å². The van der Waals surface area contributed by atoms with Crippen LogP contribution in [0.1, 0.15) is 84.8 Å². The molecule has 0 aliphatic heterocycles. The number of hydrogen-bond donors (Lipinski definition) is 0. The van der Waals surface area contributed by atoms with Crippen molar-refractivity contribution in [2.75, 3.05) is 0 Å². The first-order valence-electron chi connectivity index (χ1n) is 11.3. The molecule has 0 aromatic heterocycles. The maximum absolute atomic E-state index is 13.2.